The van der Waals surface area contributed by atoms with Gasteiger partial charge in [0.1, 0.15) is 0 Å². The van der Waals surface area contributed by atoms with E-state index >= 15 is 0 Å². The van der Waals surface area contributed by atoms with Crippen LogP contribution in [0.25, 0.3) is 0 Å². The van der Waals surface area contributed by atoms with Crippen molar-refractivity contribution in [1.82, 2.24) is 9.71 Å². The Hall–Kier alpha value is -1.34. The highest BCUT2D eigenvalue weighted by atomic mass is 35.5. The maximum Gasteiger partial charge on any atom is 0.240 e. The molecule has 2 rings (SSSR count). The van der Waals surface area contributed by atoms with Crippen LogP contribution in [-0.2, 0) is 10.0 Å². The fraction of sp³-hybridized carbons (Fsp3) is 0.154. The van der Waals surface area contributed by atoms with E-state index in [1.54, 1.807) is 24.4 Å². The molecule has 0 unspecified atom stereocenters. The monoisotopic (exact) mass is 345 g/mol. The van der Waals surface area contributed by atoms with E-state index < -0.39 is 10.0 Å². The van der Waals surface area contributed by atoms with Crippen LogP contribution in [0.4, 0.5) is 5.69 Å². The number of sulfonamides is 1. The van der Waals surface area contributed by atoms with Crippen LogP contribution in [-0.4, -0.2) is 26.5 Å². The van der Waals surface area contributed by atoms with Gasteiger partial charge < -0.3 is 5.32 Å². The van der Waals surface area contributed by atoms with E-state index in [4.69, 9.17) is 23.2 Å². The minimum Gasteiger partial charge on any atom is -0.382 e. The SMILES string of the molecule is O=S(=O)(NCCNc1ccncc1Cl)c1cccc(Cl)c1. The third-order valence-electron chi connectivity index (χ3n) is 2.61. The number of hydrogen-bond acceptors (Lipinski definition) is 4. The Balaban J connectivity index is 1.90. The van der Waals surface area contributed by atoms with Crippen molar-refractivity contribution in [2.75, 3.05) is 18.4 Å². The van der Waals surface area contributed by atoms with Crippen molar-refractivity contribution in [3.63, 3.8) is 0 Å². The topological polar surface area (TPSA) is 71.1 Å². The van der Waals surface area contributed by atoms with Crippen LogP contribution in [0.2, 0.25) is 10.0 Å². The number of rotatable bonds is 6. The van der Waals surface area contributed by atoms with E-state index in [-0.39, 0.29) is 11.4 Å². The van der Waals surface area contributed by atoms with E-state index in [0.29, 0.717) is 22.3 Å². The third kappa shape index (κ3) is 4.57. The minimum absolute atomic E-state index is 0.136. The maximum absolute atomic E-state index is 12.0. The lowest BCUT2D eigenvalue weighted by molar-refractivity contribution is 0.583. The molecule has 0 aliphatic heterocycles. The van der Waals surface area contributed by atoms with Crippen molar-refractivity contribution in [3.8, 4) is 0 Å². The number of hydrogen-bond donors (Lipinski definition) is 2. The van der Waals surface area contributed by atoms with E-state index in [0.717, 1.165) is 0 Å². The van der Waals surface area contributed by atoms with Gasteiger partial charge in [-0.3, -0.25) is 4.98 Å². The van der Waals surface area contributed by atoms with Gasteiger partial charge in [-0.25, -0.2) is 13.1 Å². The summed E-state index contributed by atoms with van der Waals surface area (Å²) in [6.07, 6.45) is 3.12. The second kappa shape index (κ2) is 7.09. The van der Waals surface area contributed by atoms with Crippen molar-refractivity contribution in [1.29, 1.82) is 0 Å². The molecule has 0 fully saturated rings. The summed E-state index contributed by atoms with van der Waals surface area (Å²) in [7, 11) is -3.57. The molecule has 0 radical (unpaired) electrons. The summed E-state index contributed by atoms with van der Waals surface area (Å²) in [5.41, 5.74) is 0.702. The van der Waals surface area contributed by atoms with E-state index in [9.17, 15) is 8.42 Å². The summed E-state index contributed by atoms with van der Waals surface area (Å²) in [5, 5.41) is 3.88. The van der Waals surface area contributed by atoms with Gasteiger partial charge in [-0.05, 0) is 24.3 Å². The van der Waals surface area contributed by atoms with Crippen LogP contribution in [0.5, 0.6) is 0 Å². The minimum atomic E-state index is -3.57. The summed E-state index contributed by atoms with van der Waals surface area (Å²) in [6.45, 7) is 0.608. The molecule has 0 bridgehead atoms. The van der Waals surface area contributed by atoms with Crippen molar-refractivity contribution in [2.45, 2.75) is 4.90 Å². The van der Waals surface area contributed by atoms with Gasteiger partial charge in [-0.2, -0.15) is 0 Å². The lowest BCUT2D eigenvalue weighted by Crippen LogP contribution is -2.29. The van der Waals surface area contributed by atoms with Crippen LogP contribution < -0.4 is 10.0 Å². The molecule has 0 atom stereocenters. The molecule has 1 aromatic carbocycles. The smallest absolute Gasteiger partial charge is 0.240 e. The predicted octanol–water partition coefficient (Wildman–Crippen LogP) is 2.78. The first-order chi connectivity index (χ1) is 9.99. The quantitative estimate of drug-likeness (QED) is 0.789. The molecular formula is C13H13Cl2N3O2S. The third-order valence-corrected chi connectivity index (χ3v) is 4.61. The van der Waals surface area contributed by atoms with Crippen LogP contribution in [0.3, 0.4) is 0 Å². The molecule has 2 aromatic rings. The summed E-state index contributed by atoms with van der Waals surface area (Å²) < 4.78 is 26.5. The first kappa shape index (κ1) is 16.0. The number of aromatic nitrogens is 1. The Labute approximate surface area is 133 Å². The standard InChI is InChI=1S/C13H13Cl2N3O2S/c14-10-2-1-3-11(8-10)21(19,20)18-7-6-17-13-4-5-16-9-12(13)15/h1-5,8-9,18H,6-7H2,(H,16,17). The van der Waals surface area contributed by atoms with Gasteiger partial charge in [0, 0.05) is 30.5 Å². The molecule has 0 spiro atoms. The number of nitrogens with zero attached hydrogens (tertiary/aromatic N) is 1. The number of halogens is 2. The molecule has 1 aromatic heterocycles. The van der Waals surface area contributed by atoms with E-state index in [1.807, 2.05) is 0 Å². The molecule has 0 aliphatic carbocycles. The second-order valence-corrected chi connectivity index (χ2v) is 6.75. The van der Waals surface area contributed by atoms with Crippen molar-refractivity contribution in [3.05, 3.63) is 52.8 Å². The van der Waals surface area contributed by atoms with Crippen LogP contribution in [0.1, 0.15) is 0 Å². The van der Waals surface area contributed by atoms with Crippen molar-refractivity contribution in [2.24, 2.45) is 0 Å². The summed E-state index contributed by atoms with van der Waals surface area (Å²) >= 11 is 11.7. The molecule has 112 valence electrons. The summed E-state index contributed by atoms with van der Waals surface area (Å²) in [4.78, 5) is 4.00. The normalized spacial score (nSPS) is 11.3. The first-order valence-corrected chi connectivity index (χ1v) is 8.31. The van der Waals surface area contributed by atoms with Crippen LogP contribution in [0, 0.1) is 0 Å². The Morgan fingerprint density at radius 1 is 1.14 bits per heavy atom. The Morgan fingerprint density at radius 2 is 1.95 bits per heavy atom. The zero-order valence-electron chi connectivity index (χ0n) is 10.9. The van der Waals surface area contributed by atoms with Crippen molar-refractivity contribution < 1.29 is 8.42 Å². The van der Waals surface area contributed by atoms with Crippen molar-refractivity contribution >= 4 is 38.9 Å². The molecule has 2 N–H and O–H groups in total. The fourth-order valence-corrected chi connectivity index (χ4v) is 3.14. The van der Waals surface area contributed by atoms with Crippen LogP contribution in [0.15, 0.2) is 47.6 Å². The molecule has 5 nitrogen and oxygen atoms in total. The molecule has 1 heterocycles. The lowest BCUT2D eigenvalue weighted by atomic mass is 10.4. The van der Waals surface area contributed by atoms with Gasteiger partial charge in [0.25, 0.3) is 0 Å². The highest BCUT2D eigenvalue weighted by molar-refractivity contribution is 7.89. The van der Waals surface area contributed by atoms with Gasteiger partial charge >= 0.3 is 0 Å². The molecular weight excluding hydrogens is 333 g/mol. The number of pyridine rings is 1. The van der Waals surface area contributed by atoms with Gasteiger partial charge in [0.05, 0.1) is 15.6 Å². The average molecular weight is 346 g/mol. The molecule has 0 saturated carbocycles. The summed E-state index contributed by atoms with van der Waals surface area (Å²) in [5.74, 6) is 0. The number of anilines is 1. The molecule has 0 amide bonds. The zero-order chi connectivity index (χ0) is 15.3. The van der Waals surface area contributed by atoms with Gasteiger partial charge in [-0.1, -0.05) is 29.3 Å². The van der Waals surface area contributed by atoms with Crippen LogP contribution >= 0.6 is 23.2 Å². The molecule has 8 heteroatoms. The molecule has 0 saturated heterocycles. The van der Waals surface area contributed by atoms with Gasteiger partial charge in [0.2, 0.25) is 10.0 Å². The first-order valence-electron chi connectivity index (χ1n) is 6.08. The Kier molecular flexibility index (Phi) is 5.41. The largest absolute Gasteiger partial charge is 0.382 e. The van der Waals surface area contributed by atoms with E-state index in [1.165, 1.54) is 18.3 Å². The Morgan fingerprint density at radius 3 is 2.67 bits per heavy atom. The second-order valence-electron chi connectivity index (χ2n) is 4.14. The van der Waals surface area contributed by atoms with E-state index in [2.05, 4.69) is 15.0 Å². The fourth-order valence-electron chi connectivity index (χ4n) is 1.62. The number of benzene rings is 1. The van der Waals surface area contributed by atoms with Gasteiger partial charge in [-0.15, -0.1) is 0 Å². The summed E-state index contributed by atoms with van der Waals surface area (Å²) in [6, 6.07) is 7.81. The lowest BCUT2D eigenvalue weighted by Gasteiger charge is -2.09. The molecule has 0 aliphatic rings. The molecule has 21 heavy (non-hydrogen) atoms. The maximum atomic E-state index is 12.0. The Bertz CT molecular complexity index is 723. The number of nitrogens with one attached hydrogen (secondary N) is 2. The average Bonchev–Trinajstić information content (AvgIpc) is 2.45. The zero-order valence-corrected chi connectivity index (χ0v) is 13.2. The van der Waals surface area contributed by atoms with Gasteiger partial charge in [0.15, 0.2) is 0 Å². The highest BCUT2D eigenvalue weighted by Gasteiger charge is 2.13. The highest BCUT2D eigenvalue weighted by Crippen LogP contribution is 2.18. The predicted molar refractivity (Wildman–Crippen MR) is 84.4 cm³/mol.